The van der Waals surface area contributed by atoms with E-state index in [9.17, 15) is 0 Å². The van der Waals surface area contributed by atoms with Crippen LogP contribution in [0.2, 0.25) is 0 Å². The Balaban J connectivity index is 2.18. The Morgan fingerprint density at radius 2 is 2.21 bits per heavy atom. The van der Waals surface area contributed by atoms with Crippen molar-refractivity contribution < 1.29 is 0 Å². The van der Waals surface area contributed by atoms with E-state index in [-0.39, 0.29) is 6.04 Å². The van der Waals surface area contributed by atoms with Crippen LogP contribution in [0.5, 0.6) is 0 Å². The zero-order valence-electron chi connectivity index (χ0n) is 11.9. The number of hydrogen-bond acceptors (Lipinski definition) is 3. The summed E-state index contributed by atoms with van der Waals surface area (Å²) in [6.07, 6.45) is 5.83. The number of nitrogens with zero attached hydrogens (tertiary/aromatic N) is 3. The molecule has 0 aliphatic rings. The van der Waals surface area contributed by atoms with Crippen LogP contribution >= 0.6 is 0 Å². The smallest absolute Gasteiger partial charge is 0.0540 e. The molecule has 0 aromatic carbocycles. The molecular formula is C15H22N4. The highest BCUT2D eigenvalue weighted by molar-refractivity contribution is 5.22. The topological polar surface area (TPSA) is 42.7 Å². The molecule has 0 spiro atoms. The summed E-state index contributed by atoms with van der Waals surface area (Å²) in [5, 5.41) is 7.94. The van der Waals surface area contributed by atoms with Gasteiger partial charge < -0.3 is 5.32 Å². The normalized spacial score (nSPS) is 12.6. The molecule has 102 valence electrons. The molecule has 2 rings (SSSR count). The van der Waals surface area contributed by atoms with E-state index in [2.05, 4.69) is 35.3 Å². The maximum absolute atomic E-state index is 4.42. The van der Waals surface area contributed by atoms with E-state index in [1.807, 2.05) is 36.3 Å². The minimum atomic E-state index is 0.281. The molecule has 1 atom stereocenters. The summed E-state index contributed by atoms with van der Waals surface area (Å²) in [6.45, 7) is 5.30. The fraction of sp³-hybridized carbons (Fsp3) is 0.467. The summed E-state index contributed by atoms with van der Waals surface area (Å²) in [6, 6.07) is 6.35. The molecule has 0 radical (unpaired) electrons. The molecule has 0 fully saturated rings. The lowest BCUT2D eigenvalue weighted by Crippen LogP contribution is -2.24. The monoisotopic (exact) mass is 258 g/mol. The Labute approximate surface area is 114 Å². The van der Waals surface area contributed by atoms with Crippen molar-refractivity contribution in [1.82, 2.24) is 20.1 Å². The van der Waals surface area contributed by atoms with E-state index < -0.39 is 0 Å². The van der Waals surface area contributed by atoms with Crippen LogP contribution in [0.3, 0.4) is 0 Å². The number of rotatable bonds is 6. The zero-order valence-corrected chi connectivity index (χ0v) is 11.9. The van der Waals surface area contributed by atoms with E-state index in [1.165, 1.54) is 11.3 Å². The van der Waals surface area contributed by atoms with Crippen LogP contribution in [0.15, 0.2) is 30.6 Å². The van der Waals surface area contributed by atoms with Crippen LogP contribution < -0.4 is 5.32 Å². The van der Waals surface area contributed by atoms with Crippen molar-refractivity contribution in [2.75, 3.05) is 6.54 Å². The van der Waals surface area contributed by atoms with Crippen LogP contribution in [0, 0.1) is 6.92 Å². The van der Waals surface area contributed by atoms with E-state index in [1.54, 1.807) is 0 Å². The van der Waals surface area contributed by atoms with Crippen molar-refractivity contribution in [3.05, 3.63) is 47.5 Å². The van der Waals surface area contributed by atoms with Gasteiger partial charge in [-0.2, -0.15) is 5.10 Å². The molecule has 1 unspecified atom stereocenters. The largest absolute Gasteiger partial charge is 0.309 e. The Morgan fingerprint density at radius 3 is 2.79 bits per heavy atom. The Bertz CT molecular complexity index is 504. The molecule has 0 aliphatic carbocycles. The van der Waals surface area contributed by atoms with Gasteiger partial charge in [0.15, 0.2) is 0 Å². The molecule has 0 saturated heterocycles. The lowest BCUT2D eigenvalue weighted by atomic mass is 10.0. The second kappa shape index (κ2) is 6.48. The number of hydrogen-bond donors (Lipinski definition) is 1. The molecule has 1 N–H and O–H groups in total. The van der Waals surface area contributed by atoms with Crippen LogP contribution in [-0.2, 0) is 13.5 Å². The summed E-state index contributed by atoms with van der Waals surface area (Å²) in [5.74, 6) is 0. The van der Waals surface area contributed by atoms with Gasteiger partial charge in [-0.3, -0.25) is 9.67 Å². The number of pyridine rings is 1. The van der Waals surface area contributed by atoms with Gasteiger partial charge in [-0.15, -0.1) is 0 Å². The van der Waals surface area contributed by atoms with E-state index in [0.717, 1.165) is 25.1 Å². The van der Waals surface area contributed by atoms with Gasteiger partial charge in [0.25, 0.3) is 0 Å². The SMILES string of the molecule is CCCNC(Cc1ccccn1)c1cnn(C)c1C. The molecule has 0 bridgehead atoms. The molecule has 4 heteroatoms. The van der Waals surface area contributed by atoms with E-state index >= 15 is 0 Å². The summed E-state index contributed by atoms with van der Waals surface area (Å²) in [4.78, 5) is 4.42. The summed E-state index contributed by atoms with van der Waals surface area (Å²) in [7, 11) is 1.98. The lowest BCUT2D eigenvalue weighted by molar-refractivity contribution is 0.521. The van der Waals surface area contributed by atoms with Crippen LogP contribution in [0.4, 0.5) is 0 Å². The molecule has 0 amide bonds. The van der Waals surface area contributed by atoms with Gasteiger partial charge in [-0.05, 0) is 32.0 Å². The highest BCUT2D eigenvalue weighted by Gasteiger charge is 2.17. The van der Waals surface area contributed by atoms with Crippen molar-refractivity contribution in [3.8, 4) is 0 Å². The van der Waals surface area contributed by atoms with E-state index in [0.29, 0.717) is 0 Å². The summed E-state index contributed by atoms with van der Waals surface area (Å²) < 4.78 is 1.92. The fourth-order valence-corrected chi connectivity index (χ4v) is 2.20. The Kier molecular flexibility index (Phi) is 4.68. The molecule has 2 aromatic heterocycles. The quantitative estimate of drug-likeness (QED) is 0.865. The Morgan fingerprint density at radius 1 is 1.37 bits per heavy atom. The van der Waals surface area contributed by atoms with Gasteiger partial charge in [0.2, 0.25) is 0 Å². The van der Waals surface area contributed by atoms with Crippen LogP contribution in [0.1, 0.15) is 36.3 Å². The average Bonchev–Trinajstić information content (AvgIpc) is 2.76. The molecule has 0 saturated carbocycles. The third-order valence-electron chi connectivity index (χ3n) is 3.43. The highest BCUT2D eigenvalue weighted by atomic mass is 15.3. The Hall–Kier alpha value is -1.68. The van der Waals surface area contributed by atoms with Crippen molar-refractivity contribution in [3.63, 3.8) is 0 Å². The van der Waals surface area contributed by atoms with Crippen molar-refractivity contribution in [1.29, 1.82) is 0 Å². The molecule has 2 aromatic rings. The number of aryl methyl sites for hydroxylation is 1. The van der Waals surface area contributed by atoms with Crippen molar-refractivity contribution in [2.24, 2.45) is 7.05 Å². The lowest BCUT2D eigenvalue weighted by Gasteiger charge is -2.18. The average molecular weight is 258 g/mol. The predicted octanol–water partition coefficient (Wildman–Crippen LogP) is 2.41. The van der Waals surface area contributed by atoms with Gasteiger partial charge in [-0.25, -0.2) is 0 Å². The fourth-order valence-electron chi connectivity index (χ4n) is 2.20. The first-order valence-electron chi connectivity index (χ1n) is 6.84. The van der Waals surface area contributed by atoms with Crippen molar-refractivity contribution >= 4 is 0 Å². The maximum Gasteiger partial charge on any atom is 0.0540 e. The minimum absolute atomic E-state index is 0.281. The molecule has 19 heavy (non-hydrogen) atoms. The summed E-state index contributed by atoms with van der Waals surface area (Å²) >= 11 is 0. The second-order valence-corrected chi connectivity index (χ2v) is 4.84. The third-order valence-corrected chi connectivity index (χ3v) is 3.43. The second-order valence-electron chi connectivity index (χ2n) is 4.84. The number of aromatic nitrogens is 3. The minimum Gasteiger partial charge on any atom is -0.309 e. The van der Waals surface area contributed by atoms with Gasteiger partial charge in [0.1, 0.15) is 0 Å². The number of nitrogens with one attached hydrogen (secondary N) is 1. The van der Waals surface area contributed by atoms with Crippen LogP contribution in [0.25, 0.3) is 0 Å². The predicted molar refractivity (Wildman–Crippen MR) is 76.9 cm³/mol. The zero-order chi connectivity index (χ0) is 13.7. The summed E-state index contributed by atoms with van der Waals surface area (Å²) in [5.41, 5.74) is 3.59. The van der Waals surface area contributed by atoms with Gasteiger partial charge in [0.05, 0.1) is 6.20 Å². The van der Waals surface area contributed by atoms with Crippen molar-refractivity contribution in [2.45, 2.75) is 32.7 Å². The first-order chi connectivity index (χ1) is 9.22. The van der Waals surface area contributed by atoms with Gasteiger partial charge in [0, 0.05) is 42.7 Å². The molecule has 4 nitrogen and oxygen atoms in total. The molecule has 0 aliphatic heterocycles. The molecular weight excluding hydrogens is 236 g/mol. The van der Waals surface area contributed by atoms with E-state index in [4.69, 9.17) is 0 Å². The van der Waals surface area contributed by atoms with Gasteiger partial charge >= 0.3 is 0 Å². The molecule has 2 heterocycles. The first-order valence-corrected chi connectivity index (χ1v) is 6.84. The van der Waals surface area contributed by atoms with Crippen LogP contribution in [-0.4, -0.2) is 21.3 Å². The highest BCUT2D eigenvalue weighted by Crippen LogP contribution is 2.20. The first kappa shape index (κ1) is 13.7. The van der Waals surface area contributed by atoms with Gasteiger partial charge in [-0.1, -0.05) is 13.0 Å². The third kappa shape index (κ3) is 3.41. The maximum atomic E-state index is 4.42. The standard InChI is InChI=1S/C15H22N4/c1-4-8-17-15(10-13-7-5-6-9-16-13)14-11-18-19(3)12(14)2/h5-7,9,11,15,17H,4,8,10H2,1-3H3.